The normalized spacial score (nSPS) is 14.9. The Morgan fingerprint density at radius 3 is 2.71 bits per heavy atom. The molecule has 21 heavy (non-hydrogen) atoms. The topological polar surface area (TPSA) is 95.9 Å². The Bertz CT molecular complexity index is 518. The van der Waals surface area contributed by atoms with Crippen molar-refractivity contribution in [3.05, 3.63) is 29.3 Å². The molecule has 6 nitrogen and oxygen atoms in total. The molecule has 0 spiro atoms. The summed E-state index contributed by atoms with van der Waals surface area (Å²) in [5.41, 5.74) is -1.52. The van der Waals surface area contributed by atoms with Crippen LogP contribution in [0.3, 0.4) is 0 Å². The number of carbonyl (C=O) groups is 2. The van der Waals surface area contributed by atoms with E-state index in [-0.39, 0.29) is 6.54 Å². The lowest BCUT2D eigenvalue weighted by atomic mass is 10.0. The van der Waals surface area contributed by atoms with Crippen LogP contribution in [-0.4, -0.2) is 40.3 Å². The van der Waals surface area contributed by atoms with Crippen molar-refractivity contribution in [1.82, 2.24) is 5.32 Å². The molecule has 1 amide bonds. The number of ether oxygens (including phenoxy) is 1. The number of amides is 1. The van der Waals surface area contributed by atoms with Crippen LogP contribution in [0.1, 0.15) is 20.3 Å². The van der Waals surface area contributed by atoms with Gasteiger partial charge in [-0.15, -0.1) is 0 Å². The van der Waals surface area contributed by atoms with E-state index < -0.39 is 30.0 Å². The summed E-state index contributed by atoms with van der Waals surface area (Å²) in [6.45, 7) is 2.70. The summed E-state index contributed by atoms with van der Waals surface area (Å²) in [5.74, 6) is -1.15. The predicted molar refractivity (Wildman–Crippen MR) is 77.4 cm³/mol. The maximum Gasteiger partial charge on any atom is 0.306 e. The summed E-state index contributed by atoms with van der Waals surface area (Å²) in [4.78, 5) is 22.4. The molecule has 2 atom stereocenters. The highest BCUT2D eigenvalue weighted by Gasteiger charge is 2.26. The number of carbonyl (C=O) groups excluding carboxylic acids is 1. The van der Waals surface area contributed by atoms with Crippen LogP contribution in [0.15, 0.2) is 24.3 Å². The minimum absolute atomic E-state index is 0.179. The molecule has 0 aromatic heterocycles. The number of rotatable bonds is 7. The van der Waals surface area contributed by atoms with Crippen molar-refractivity contribution >= 4 is 23.5 Å². The number of aliphatic carboxylic acids is 1. The monoisotopic (exact) mass is 315 g/mol. The van der Waals surface area contributed by atoms with Crippen LogP contribution in [0.25, 0.3) is 0 Å². The SMILES string of the molecule is CC(Oc1cccc(Cl)c1)C(=O)NCC(C)(O)CC(=O)O. The second kappa shape index (κ2) is 7.28. The van der Waals surface area contributed by atoms with Gasteiger partial charge in [-0.25, -0.2) is 0 Å². The first-order valence-corrected chi connectivity index (χ1v) is 6.71. The van der Waals surface area contributed by atoms with Gasteiger partial charge in [0.05, 0.1) is 12.0 Å². The van der Waals surface area contributed by atoms with E-state index in [4.69, 9.17) is 21.4 Å². The second-order valence-electron chi connectivity index (χ2n) is 5.00. The molecule has 7 heteroatoms. The molecule has 0 bridgehead atoms. The van der Waals surface area contributed by atoms with E-state index in [2.05, 4.69) is 5.32 Å². The largest absolute Gasteiger partial charge is 0.481 e. The molecule has 0 aliphatic heterocycles. The van der Waals surface area contributed by atoms with E-state index in [1.54, 1.807) is 31.2 Å². The predicted octanol–water partition coefficient (Wildman–Crippen LogP) is 1.45. The van der Waals surface area contributed by atoms with Gasteiger partial charge >= 0.3 is 5.97 Å². The molecule has 2 unspecified atom stereocenters. The van der Waals surface area contributed by atoms with Crippen LogP contribution in [0.5, 0.6) is 5.75 Å². The summed E-state index contributed by atoms with van der Waals surface area (Å²) >= 11 is 5.81. The average molecular weight is 316 g/mol. The molecule has 1 aromatic carbocycles. The number of aliphatic hydroxyl groups is 1. The highest BCUT2D eigenvalue weighted by atomic mass is 35.5. The molecule has 3 N–H and O–H groups in total. The maximum absolute atomic E-state index is 11.8. The van der Waals surface area contributed by atoms with Crippen molar-refractivity contribution in [1.29, 1.82) is 0 Å². The fraction of sp³-hybridized carbons (Fsp3) is 0.429. The Balaban J connectivity index is 2.50. The number of halogens is 1. The molecule has 1 rings (SSSR count). The lowest BCUT2D eigenvalue weighted by Gasteiger charge is -2.23. The number of hydrogen-bond acceptors (Lipinski definition) is 4. The average Bonchev–Trinajstić information content (AvgIpc) is 2.34. The van der Waals surface area contributed by atoms with E-state index in [1.807, 2.05) is 0 Å². The molecule has 1 aromatic rings. The first-order valence-electron chi connectivity index (χ1n) is 6.34. The Kier molecular flexibility index (Phi) is 5.99. The zero-order valence-corrected chi connectivity index (χ0v) is 12.6. The minimum atomic E-state index is -1.52. The van der Waals surface area contributed by atoms with Gasteiger partial charge in [0, 0.05) is 11.6 Å². The molecule has 0 fully saturated rings. The molecular formula is C14H18ClNO5. The molecule has 116 valence electrons. The highest BCUT2D eigenvalue weighted by molar-refractivity contribution is 6.30. The third-order valence-corrected chi connectivity index (χ3v) is 2.89. The van der Waals surface area contributed by atoms with E-state index in [0.717, 1.165) is 0 Å². The minimum Gasteiger partial charge on any atom is -0.481 e. The number of carboxylic acids is 1. The third-order valence-electron chi connectivity index (χ3n) is 2.65. The lowest BCUT2D eigenvalue weighted by molar-refractivity contribution is -0.142. The van der Waals surface area contributed by atoms with Gasteiger partial charge < -0.3 is 20.3 Å². The number of nitrogens with one attached hydrogen (secondary N) is 1. The highest BCUT2D eigenvalue weighted by Crippen LogP contribution is 2.18. The summed E-state index contributed by atoms with van der Waals surface area (Å²) in [6, 6.07) is 6.62. The van der Waals surface area contributed by atoms with Crippen LogP contribution in [-0.2, 0) is 9.59 Å². The quantitative estimate of drug-likeness (QED) is 0.707. The van der Waals surface area contributed by atoms with Crippen LogP contribution in [0, 0.1) is 0 Å². The van der Waals surface area contributed by atoms with Crippen molar-refractivity contribution in [2.45, 2.75) is 32.0 Å². The van der Waals surface area contributed by atoms with Gasteiger partial charge in [0.2, 0.25) is 0 Å². The fourth-order valence-corrected chi connectivity index (χ4v) is 1.79. The summed E-state index contributed by atoms with van der Waals surface area (Å²) in [7, 11) is 0. The zero-order valence-electron chi connectivity index (χ0n) is 11.8. The number of benzene rings is 1. The van der Waals surface area contributed by atoms with E-state index in [9.17, 15) is 14.7 Å². The van der Waals surface area contributed by atoms with Gasteiger partial charge in [0.15, 0.2) is 6.10 Å². The van der Waals surface area contributed by atoms with Gasteiger partial charge in [-0.3, -0.25) is 9.59 Å². The van der Waals surface area contributed by atoms with Crippen molar-refractivity contribution < 1.29 is 24.5 Å². The molecule has 0 saturated heterocycles. The van der Waals surface area contributed by atoms with Gasteiger partial charge in [-0.2, -0.15) is 0 Å². The van der Waals surface area contributed by atoms with Crippen LogP contribution in [0.2, 0.25) is 5.02 Å². The summed E-state index contributed by atoms with van der Waals surface area (Å²) < 4.78 is 5.41. The first kappa shape index (κ1) is 17.3. The summed E-state index contributed by atoms with van der Waals surface area (Å²) in [5, 5.41) is 21.4. The molecule has 0 radical (unpaired) electrons. The standard InChI is InChI=1S/C14H18ClNO5/c1-9(21-11-5-3-4-10(15)6-11)13(19)16-8-14(2,20)7-12(17)18/h3-6,9,20H,7-8H2,1-2H3,(H,16,19)(H,17,18). The van der Waals surface area contributed by atoms with Gasteiger partial charge in [0.25, 0.3) is 5.91 Å². The lowest BCUT2D eigenvalue weighted by Crippen LogP contribution is -2.46. The Hall–Kier alpha value is -1.79. The van der Waals surface area contributed by atoms with Gasteiger partial charge in [0.1, 0.15) is 5.75 Å². The second-order valence-corrected chi connectivity index (χ2v) is 5.44. The van der Waals surface area contributed by atoms with E-state index in [0.29, 0.717) is 10.8 Å². The smallest absolute Gasteiger partial charge is 0.306 e. The van der Waals surface area contributed by atoms with Crippen LogP contribution in [0.4, 0.5) is 0 Å². The van der Waals surface area contributed by atoms with E-state index >= 15 is 0 Å². The van der Waals surface area contributed by atoms with Crippen molar-refractivity contribution in [2.75, 3.05) is 6.54 Å². The zero-order chi connectivity index (χ0) is 16.0. The summed E-state index contributed by atoms with van der Waals surface area (Å²) in [6.07, 6.45) is -1.26. The van der Waals surface area contributed by atoms with Gasteiger partial charge in [-0.1, -0.05) is 17.7 Å². The molecular weight excluding hydrogens is 298 g/mol. The Labute approximate surface area is 127 Å². The molecule has 0 heterocycles. The Morgan fingerprint density at radius 2 is 2.14 bits per heavy atom. The maximum atomic E-state index is 11.8. The number of hydrogen-bond donors (Lipinski definition) is 3. The van der Waals surface area contributed by atoms with E-state index in [1.165, 1.54) is 6.92 Å². The Morgan fingerprint density at radius 1 is 1.48 bits per heavy atom. The van der Waals surface area contributed by atoms with Crippen molar-refractivity contribution in [3.63, 3.8) is 0 Å². The fourth-order valence-electron chi connectivity index (χ4n) is 1.61. The van der Waals surface area contributed by atoms with Gasteiger partial charge in [-0.05, 0) is 32.0 Å². The first-order chi connectivity index (χ1) is 9.69. The number of carboxylic acid groups (broad SMARTS) is 1. The third kappa shape index (κ3) is 6.46. The molecule has 0 aliphatic carbocycles. The van der Waals surface area contributed by atoms with Crippen molar-refractivity contribution in [2.24, 2.45) is 0 Å². The van der Waals surface area contributed by atoms with Crippen molar-refractivity contribution in [3.8, 4) is 5.75 Å². The van der Waals surface area contributed by atoms with Crippen LogP contribution < -0.4 is 10.1 Å². The van der Waals surface area contributed by atoms with Crippen LogP contribution >= 0.6 is 11.6 Å². The molecule has 0 saturated carbocycles. The molecule has 0 aliphatic rings.